The molecule has 3 aliphatic rings. The van der Waals surface area contributed by atoms with Crippen LogP contribution in [0.2, 0.25) is 0 Å². The summed E-state index contributed by atoms with van der Waals surface area (Å²) >= 11 is 0. The molecule has 0 spiro atoms. The zero-order chi connectivity index (χ0) is 29.1. The Morgan fingerprint density at radius 2 is 1.02 bits per heavy atom. The molecule has 209 valence electrons. The maximum Gasteiger partial charge on any atom is 0.264 e. The molecule has 10 nitrogen and oxygen atoms in total. The lowest BCUT2D eigenvalue weighted by molar-refractivity contribution is -0.540. The molecule has 0 saturated carbocycles. The van der Waals surface area contributed by atoms with E-state index < -0.39 is 16.6 Å². The summed E-state index contributed by atoms with van der Waals surface area (Å²) in [6, 6.07) is 10.1. The quantitative estimate of drug-likeness (QED) is 0.161. The SMILES string of the molecule is CC(C)(C)N([O])c1cc2c3c(c1)Oc1cc([N+](=O)C(C)(C)C)cc4c1N3c1c(cc(N([O-])C(C)(C)C)cc1O4)O2. The predicted octanol–water partition coefficient (Wildman–Crippen LogP) is 8.74. The summed E-state index contributed by atoms with van der Waals surface area (Å²) in [5.41, 5.74) is 0.756. The van der Waals surface area contributed by atoms with Gasteiger partial charge in [0.1, 0.15) is 17.1 Å². The molecular formula is C30H33N4O6. The van der Waals surface area contributed by atoms with Crippen molar-refractivity contribution in [3.8, 4) is 34.5 Å². The molecule has 6 rings (SSSR count). The number of hydrogen-bond acceptors (Lipinski definition) is 8. The summed E-state index contributed by atoms with van der Waals surface area (Å²) in [5, 5.41) is 28.3. The molecule has 3 aromatic rings. The molecule has 3 aliphatic heterocycles. The summed E-state index contributed by atoms with van der Waals surface area (Å²) in [6.07, 6.45) is 0. The number of nitrogens with zero attached hydrogens (tertiary/aromatic N) is 4. The molecule has 0 bridgehead atoms. The van der Waals surface area contributed by atoms with E-state index in [0.717, 1.165) is 14.9 Å². The smallest absolute Gasteiger partial charge is 0.264 e. The normalized spacial score (nSPS) is 14.5. The fourth-order valence-corrected chi connectivity index (χ4v) is 5.04. The molecule has 3 aromatic carbocycles. The van der Waals surface area contributed by atoms with Gasteiger partial charge in [0.05, 0.1) is 23.4 Å². The van der Waals surface area contributed by atoms with Crippen LogP contribution in [0.3, 0.4) is 0 Å². The Hall–Kier alpha value is -4.02. The molecule has 0 amide bonds. The van der Waals surface area contributed by atoms with Gasteiger partial charge in [0.15, 0.2) is 34.5 Å². The number of rotatable bonds is 3. The highest BCUT2D eigenvalue weighted by atomic mass is 16.5. The average Bonchev–Trinajstić information content (AvgIpc) is 2.84. The summed E-state index contributed by atoms with van der Waals surface area (Å²) in [6.45, 7) is 16.4. The van der Waals surface area contributed by atoms with Crippen molar-refractivity contribution < 1.29 is 24.2 Å². The molecule has 0 unspecified atom stereocenters. The van der Waals surface area contributed by atoms with Gasteiger partial charge in [-0.3, -0.25) is 4.90 Å². The summed E-state index contributed by atoms with van der Waals surface area (Å²) in [7, 11) is 0. The summed E-state index contributed by atoms with van der Waals surface area (Å²) < 4.78 is 20.0. The van der Waals surface area contributed by atoms with Crippen molar-refractivity contribution in [2.75, 3.05) is 15.0 Å². The molecule has 0 atom stereocenters. The maximum absolute atomic E-state index is 13.3. The van der Waals surface area contributed by atoms with Crippen molar-refractivity contribution >= 4 is 34.1 Å². The van der Waals surface area contributed by atoms with Gasteiger partial charge in [-0.2, -0.15) is 0 Å². The van der Waals surface area contributed by atoms with Gasteiger partial charge in [0, 0.05) is 65.9 Å². The highest BCUT2D eigenvalue weighted by Gasteiger charge is 2.45. The lowest BCUT2D eigenvalue weighted by Gasteiger charge is -2.46. The van der Waals surface area contributed by atoms with Crippen molar-refractivity contribution in [1.82, 2.24) is 0 Å². The van der Waals surface area contributed by atoms with Gasteiger partial charge in [-0.25, -0.2) is 5.06 Å². The van der Waals surface area contributed by atoms with Crippen molar-refractivity contribution in [1.29, 1.82) is 0 Å². The molecule has 0 saturated heterocycles. The molecule has 0 fully saturated rings. The minimum atomic E-state index is -0.717. The third-order valence-electron chi connectivity index (χ3n) is 6.94. The third kappa shape index (κ3) is 3.85. The van der Waals surface area contributed by atoms with Crippen LogP contribution < -0.4 is 29.2 Å². The molecule has 1 radical (unpaired) electrons. The van der Waals surface area contributed by atoms with Crippen LogP contribution in [0.1, 0.15) is 62.3 Å². The van der Waals surface area contributed by atoms with E-state index in [0.29, 0.717) is 68.6 Å². The number of hydrogen-bond donors (Lipinski definition) is 0. The Bertz CT molecular complexity index is 1500. The number of nitroso groups, excluding NO2 is 1. The Labute approximate surface area is 233 Å². The van der Waals surface area contributed by atoms with E-state index in [9.17, 15) is 15.3 Å². The van der Waals surface area contributed by atoms with Crippen LogP contribution in [0.15, 0.2) is 36.4 Å². The second-order valence-electron chi connectivity index (χ2n) is 13.4. The van der Waals surface area contributed by atoms with Gasteiger partial charge in [0.25, 0.3) is 5.69 Å². The van der Waals surface area contributed by atoms with Crippen LogP contribution >= 0.6 is 0 Å². The number of anilines is 5. The first kappa shape index (κ1) is 26.2. The first-order valence-corrected chi connectivity index (χ1v) is 13.2. The summed E-state index contributed by atoms with van der Waals surface area (Å²) in [5.74, 6) is 2.44. The van der Waals surface area contributed by atoms with Crippen LogP contribution in [0, 0.1) is 10.1 Å². The van der Waals surface area contributed by atoms with Gasteiger partial charge in [-0.1, -0.05) is 5.21 Å². The Balaban J connectivity index is 1.62. The second-order valence-corrected chi connectivity index (χ2v) is 13.4. The van der Waals surface area contributed by atoms with Crippen LogP contribution in [0.4, 0.5) is 34.1 Å². The highest BCUT2D eigenvalue weighted by Crippen LogP contribution is 2.68. The number of ether oxygens (including phenoxy) is 3. The van der Waals surface area contributed by atoms with E-state index in [-0.39, 0.29) is 0 Å². The van der Waals surface area contributed by atoms with Gasteiger partial charge in [0.2, 0.25) is 5.54 Å². The van der Waals surface area contributed by atoms with E-state index in [1.807, 2.05) is 67.2 Å². The standard InChI is InChI=1S/C30H33N4O6/c1-28(2,3)32(35)16-10-19-25-20(11-16)39-22-13-18(34(37)30(7,8)9)15-24-27(22)31(25)26-21(38-19)12-17(14-23(26)40-24)33(36)29(4,5)6/h10-15H,1-9H3. The largest absolute Gasteiger partial charge is 0.758 e. The van der Waals surface area contributed by atoms with E-state index in [4.69, 9.17) is 14.2 Å². The van der Waals surface area contributed by atoms with E-state index in [2.05, 4.69) is 0 Å². The lowest BCUT2D eigenvalue weighted by atomic mass is 10.0. The monoisotopic (exact) mass is 545 g/mol. The molecule has 0 aliphatic carbocycles. The van der Waals surface area contributed by atoms with Gasteiger partial charge < -0.3 is 24.5 Å². The molecule has 40 heavy (non-hydrogen) atoms. The van der Waals surface area contributed by atoms with Gasteiger partial charge in [-0.05, 0) is 41.5 Å². The molecule has 3 heterocycles. The molecular weight excluding hydrogens is 512 g/mol. The summed E-state index contributed by atoms with van der Waals surface area (Å²) in [4.78, 5) is 15.2. The van der Waals surface area contributed by atoms with E-state index in [1.165, 1.54) is 0 Å². The first-order chi connectivity index (χ1) is 18.4. The zero-order valence-corrected chi connectivity index (χ0v) is 24.2. The Morgan fingerprint density at radius 3 is 1.38 bits per heavy atom. The van der Waals surface area contributed by atoms with Crippen molar-refractivity contribution in [3.63, 3.8) is 0 Å². The Morgan fingerprint density at radius 1 is 0.650 bits per heavy atom. The van der Waals surface area contributed by atoms with Gasteiger partial charge >= 0.3 is 0 Å². The second kappa shape index (κ2) is 8.02. The lowest BCUT2D eigenvalue weighted by Crippen LogP contribution is -2.37. The fourth-order valence-electron chi connectivity index (χ4n) is 5.04. The molecule has 0 aromatic heterocycles. The van der Waals surface area contributed by atoms with Crippen LogP contribution in [-0.2, 0) is 5.21 Å². The topological polar surface area (TPSA) is 100 Å². The van der Waals surface area contributed by atoms with Gasteiger partial charge in [-0.15, -0.1) is 0 Å². The van der Waals surface area contributed by atoms with Crippen molar-refractivity contribution in [2.45, 2.75) is 78.9 Å². The zero-order valence-electron chi connectivity index (χ0n) is 24.2. The molecule has 0 N–H and O–H groups in total. The van der Waals surface area contributed by atoms with Crippen LogP contribution in [0.25, 0.3) is 0 Å². The molecule has 10 heteroatoms. The predicted molar refractivity (Wildman–Crippen MR) is 153 cm³/mol. The Kier molecular flexibility index (Phi) is 5.25. The maximum atomic E-state index is 13.3. The number of benzene rings is 3. The van der Waals surface area contributed by atoms with E-state index >= 15 is 0 Å². The van der Waals surface area contributed by atoms with Crippen LogP contribution in [0.5, 0.6) is 34.5 Å². The van der Waals surface area contributed by atoms with Crippen molar-refractivity contribution in [2.24, 2.45) is 0 Å². The van der Waals surface area contributed by atoms with Crippen LogP contribution in [-0.4, -0.2) is 21.4 Å². The minimum absolute atomic E-state index is 0.356. The highest BCUT2D eigenvalue weighted by molar-refractivity contribution is 6.01. The number of hydroxylamine groups is 2. The minimum Gasteiger partial charge on any atom is -0.758 e. The first-order valence-electron chi connectivity index (χ1n) is 13.2. The van der Waals surface area contributed by atoms with Crippen molar-refractivity contribution in [3.05, 3.63) is 46.5 Å². The third-order valence-corrected chi connectivity index (χ3v) is 6.94. The average molecular weight is 546 g/mol. The fraction of sp³-hybridized carbons (Fsp3) is 0.400. The van der Waals surface area contributed by atoms with E-state index in [1.54, 1.807) is 36.4 Å².